The van der Waals surface area contributed by atoms with Crippen molar-refractivity contribution < 1.29 is 28.6 Å². The number of ketones is 1. The Balaban J connectivity index is 1.73. The molecule has 1 N–H and O–H groups in total. The molecule has 1 atom stereocenters. The summed E-state index contributed by atoms with van der Waals surface area (Å²) in [5.41, 5.74) is 1.31. The number of hydrogen-bond acceptors (Lipinski definition) is 7. The third kappa shape index (κ3) is 3.97. The Bertz CT molecular complexity index is 1520. The Labute approximate surface area is 210 Å². The number of rotatable bonds is 6. The van der Waals surface area contributed by atoms with Gasteiger partial charge in [-0.25, -0.2) is 9.37 Å². The number of amides is 1. The van der Waals surface area contributed by atoms with E-state index in [4.69, 9.17) is 9.47 Å². The van der Waals surface area contributed by atoms with Gasteiger partial charge < -0.3 is 14.6 Å². The molecule has 0 radical (unpaired) electrons. The third-order valence-corrected chi connectivity index (χ3v) is 6.86. The molecule has 4 aromatic rings. The summed E-state index contributed by atoms with van der Waals surface area (Å²) in [6.07, 6.45) is 0. The van der Waals surface area contributed by atoms with Crippen molar-refractivity contribution in [3.05, 3.63) is 89.2 Å². The Morgan fingerprint density at radius 3 is 2.58 bits per heavy atom. The predicted molar refractivity (Wildman–Crippen MR) is 135 cm³/mol. The predicted octanol–water partition coefficient (Wildman–Crippen LogP) is 5.47. The van der Waals surface area contributed by atoms with Crippen LogP contribution in [0.5, 0.6) is 11.5 Å². The summed E-state index contributed by atoms with van der Waals surface area (Å²) in [7, 11) is 1.49. The summed E-state index contributed by atoms with van der Waals surface area (Å²) in [5.74, 6) is -1.52. The van der Waals surface area contributed by atoms with E-state index >= 15 is 0 Å². The number of aliphatic hydroxyl groups excluding tert-OH is 1. The highest BCUT2D eigenvalue weighted by molar-refractivity contribution is 7.22. The number of nitrogens with zero attached hydrogens (tertiary/aromatic N) is 2. The zero-order valence-corrected chi connectivity index (χ0v) is 20.2. The molecular weight excluding hydrogens is 483 g/mol. The fraction of sp³-hybridized carbons (Fsp3) is 0.148. The number of ether oxygens (including phenoxy) is 2. The van der Waals surface area contributed by atoms with Gasteiger partial charge in [-0.3, -0.25) is 14.5 Å². The molecule has 0 aliphatic carbocycles. The lowest BCUT2D eigenvalue weighted by molar-refractivity contribution is -0.132. The first-order valence-electron chi connectivity index (χ1n) is 11.2. The lowest BCUT2D eigenvalue weighted by Gasteiger charge is -2.24. The number of thiazole rings is 1. The molecule has 7 nitrogen and oxygen atoms in total. The maximum Gasteiger partial charge on any atom is 0.301 e. The van der Waals surface area contributed by atoms with Crippen molar-refractivity contribution >= 4 is 44.1 Å². The minimum Gasteiger partial charge on any atom is -0.507 e. The fourth-order valence-corrected chi connectivity index (χ4v) is 5.23. The highest BCUT2D eigenvalue weighted by Crippen LogP contribution is 2.45. The van der Waals surface area contributed by atoms with Crippen LogP contribution in [0.15, 0.2) is 72.3 Å². The Kier molecular flexibility index (Phi) is 6.15. The van der Waals surface area contributed by atoms with E-state index < -0.39 is 23.5 Å². The number of methoxy groups -OCH3 is 1. The normalized spacial score (nSPS) is 17.1. The number of halogens is 1. The van der Waals surface area contributed by atoms with Crippen molar-refractivity contribution in [2.45, 2.75) is 13.0 Å². The van der Waals surface area contributed by atoms with E-state index in [-0.39, 0.29) is 16.5 Å². The summed E-state index contributed by atoms with van der Waals surface area (Å²) < 4.78 is 25.4. The van der Waals surface area contributed by atoms with Crippen molar-refractivity contribution in [2.24, 2.45) is 0 Å². The summed E-state index contributed by atoms with van der Waals surface area (Å²) in [6, 6.07) is 16.7. The molecule has 1 saturated heterocycles. The minimum absolute atomic E-state index is 0.0807. The standard InChI is InChI=1S/C27H21FN2O5S/c1-3-35-19-12-9-16(13-20(19)34-2)23-22(24(31)15-7-5-4-6-8-15)25(32)26(33)30(23)27-29-18-11-10-17(28)14-21(18)36-27/h4-14,23,31H,3H2,1-2H3. The van der Waals surface area contributed by atoms with Crippen LogP contribution >= 0.6 is 11.3 Å². The number of anilines is 1. The van der Waals surface area contributed by atoms with Crippen LogP contribution in [0.4, 0.5) is 9.52 Å². The Hall–Kier alpha value is -4.24. The van der Waals surface area contributed by atoms with Crippen molar-refractivity contribution in [1.82, 2.24) is 4.98 Å². The molecule has 36 heavy (non-hydrogen) atoms. The molecule has 182 valence electrons. The van der Waals surface area contributed by atoms with E-state index in [1.165, 1.54) is 30.2 Å². The van der Waals surface area contributed by atoms with Crippen LogP contribution in [0.25, 0.3) is 16.0 Å². The molecule has 3 aromatic carbocycles. The molecule has 2 heterocycles. The topological polar surface area (TPSA) is 89.0 Å². The van der Waals surface area contributed by atoms with Gasteiger partial charge >= 0.3 is 5.91 Å². The molecule has 1 fully saturated rings. The first kappa shape index (κ1) is 23.5. The average Bonchev–Trinajstić information content (AvgIpc) is 3.42. The Morgan fingerprint density at radius 1 is 1.08 bits per heavy atom. The van der Waals surface area contributed by atoms with E-state index in [9.17, 15) is 19.1 Å². The molecule has 5 rings (SSSR count). The number of aromatic nitrogens is 1. The summed E-state index contributed by atoms with van der Waals surface area (Å²) in [6.45, 7) is 2.27. The Morgan fingerprint density at radius 2 is 1.86 bits per heavy atom. The van der Waals surface area contributed by atoms with E-state index in [1.807, 2.05) is 6.92 Å². The first-order valence-corrected chi connectivity index (χ1v) is 12.0. The summed E-state index contributed by atoms with van der Waals surface area (Å²) in [4.78, 5) is 32.4. The van der Waals surface area contributed by atoms with Crippen LogP contribution < -0.4 is 14.4 Å². The quantitative estimate of drug-likeness (QED) is 0.213. The zero-order valence-electron chi connectivity index (χ0n) is 19.4. The van der Waals surface area contributed by atoms with Crippen LogP contribution in [0.2, 0.25) is 0 Å². The monoisotopic (exact) mass is 504 g/mol. The van der Waals surface area contributed by atoms with Gasteiger partial charge in [0.05, 0.1) is 35.5 Å². The summed E-state index contributed by atoms with van der Waals surface area (Å²) >= 11 is 1.09. The highest BCUT2D eigenvalue weighted by Gasteiger charge is 2.48. The van der Waals surface area contributed by atoms with Gasteiger partial charge in [0.25, 0.3) is 5.78 Å². The van der Waals surface area contributed by atoms with Crippen LogP contribution in [-0.4, -0.2) is 35.5 Å². The average molecular weight is 505 g/mol. The SMILES string of the molecule is CCOc1ccc(C2C(=C(O)c3ccccc3)C(=O)C(=O)N2c2nc3ccc(F)cc3s2)cc1OC. The largest absolute Gasteiger partial charge is 0.507 e. The van der Waals surface area contributed by atoms with Gasteiger partial charge in [-0.2, -0.15) is 0 Å². The molecule has 1 amide bonds. The number of aliphatic hydroxyl groups is 1. The highest BCUT2D eigenvalue weighted by atomic mass is 32.1. The molecule has 1 aliphatic rings. The second-order valence-corrected chi connectivity index (χ2v) is 9.00. The molecule has 1 unspecified atom stereocenters. The lowest BCUT2D eigenvalue weighted by atomic mass is 9.95. The molecular formula is C27H21FN2O5S. The summed E-state index contributed by atoms with van der Waals surface area (Å²) in [5, 5.41) is 11.4. The molecule has 0 bridgehead atoms. The van der Waals surface area contributed by atoms with Crippen molar-refractivity contribution in [3.8, 4) is 11.5 Å². The number of carbonyl (C=O) groups is 2. The molecule has 0 saturated carbocycles. The van der Waals surface area contributed by atoms with Crippen molar-refractivity contribution in [2.75, 3.05) is 18.6 Å². The van der Waals surface area contributed by atoms with Gasteiger partial charge in [-0.15, -0.1) is 0 Å². The van der Waals surface area contributed by atoms with Crippen molar-refractivity contribution in [1.29, 1.82) is 0 Å². The van der Waals surface area contributed by atoms with Crippen LogP contribution in [-0.2, 0) is 9.59 Å². The maximum absolute atomic E-state index is 13.8. The van der Waals surface area contributed by atoms with Crippen molar-refractivity contribution in [3.63, 3.8) is 0 Å². The molecule has 1 aromatic heterocycles. The second kappa shape index (κ2) is 9.43. The van der Waals surface area contributed by atoms with E-state index in [1.54, 1.807) is 48.5 Å². The van der Waals surface area contributed by atoms with Gasteiger partial charge in [0.2, 0.25) is 0 Å². The fourth-order valence-electron chi connectivity index (χ4n) is 4.22. The van der Waals surface area contributed by atoms with Gasteiger partial charge in [0.1, 0.15) is 11.6 Å². The molecule has 0 spiro atoms. The number of hydrogen-bond donors (Lipinski definition) is 1. The van der Waals surface area contributed by atoms with E-state index in [2.05, 4.69) is 4.98 Å². The molecule has 1 aliphatic heterocycles. The van der Waals surface area contributed by atoms with Crippen LogP contribution in [0.1, 0.15) is 24.1 Å². The van der Waals surface area contributed by atoms with E-state index in [0.717, 1.165) is 11.3 Å². The number of Topliss-reactive ketones (excluding diaryl/α,β-unsaturated/α-hetero) is 1. The van der Waals surface area contributed by atoms with Crippen LogP contribution in [0.3, 0.4) is 0 Å². The smallest absolute Gasteiger partial charge is 0.301 e. The lowest BCUT2D eigenvalue weighted by Crippen LogP contribution is -2.29. The maximum atomic E-state index is 13.8. The van der Waals surface area contributed by atoms with E-state index in [0.29, 0.717) is 39.4 Å². The first-order chi connectivity index (χ1) is 17.4. The minimum atomic E-state index is -1.000. The van der Waals surface area contributed by atoms with Gasteiger partial charge in [0.15, 0.2) is 16.6 Å². The number of carbonyl (C=O) groups excluding carboxylic acids is 2. The van der Waals surface area contributed by atoms with Gasteiger partial charge in [-0.05, 0) is 42.8 Å². The number of benzene rings is 3. The number of fused-ring (bicyclic) bond motifs is 1. The van der Waals surface area contributed by atoms with Gasteiger partial charge in [0, 0.05) is 5.56 Å². The zero-order chi connectivity index (χ0) is 25.4. The molecule has 9 heteroatoms. The van der Waals surface area contributed by atoms with Gasteiger partial charge in [-0.1, -0.05) is 47.7 Å². The second-order valence-electron chi connectivity index (χ2n) is 7.99. The third-order valence-electron chi connectivity index (χ3n) is 5.84. The van der Waals surface area contributed by atoms with Crippen LogP contribution in [0, 0.1) is 5.82 Å².